The molecule has 3 aromatic carbocycles. The Morgan fingerprint density at radius 1 is 1.11 bits per heavy atom. The highest BCUT2D eigenvalue weighted by Crippen LogP contribution is 2.43. The van der Waals surface area contributed by atoms with Crippen LogP contribution in [0.2, 0.25) is 5.02 Å². The number of Topliss-reactive ketones (excluding diaryl/α,β-unsaturated/α-hetero) is 1. The van der Waals surface area contributed by atoms with Gasteiger partial charge < -0.3 is 18.8 Å². The molecule has 0 amide bonds. The third-order valence-electron chi connectivity index (χ3n) is 7.07. The first-order valence-corrected chi connectivity index (χ1v) is 12.7. The van der Waals surface area contributed by atoms with Crippen molar-refractivity contribution in [3.63, 3.8) is 0 Å². The maximum absolute atomic E-state index is 13.5. The summed E-state index contributed by atoms with van der Waals surface area (Å²) < 4.78 is 19.9. The van der Waals surface area contributed by atoms with Crippen molar-refractivity contribution in [1.82, 2.24) is 9.47 Å². The van der Waals surface area contributed by atoms with Gasteiger partial charge in [0.2, 0.25) is 5.78 Å². The summed E-state index contributed by atoms with van der Waals surface area (Å²) in [7, 11) is 1.65. The molecule has 0 N–H and O–H groups in total. The van der Waals surface area contributed by atoms with E-state index in [0.717, 1.165) is 62.8 Å². The Labute approximate surface area is 220 Å². The van der Waals surface area contributed by atoms with Gasteiger partial charge >= 0.3 is 0 Å². The zero-order valence-corrected chi connectivity index (χ0v) is 21.8. The van der Waals surface area contributed by atoms with Crippen molar-refractivity contribution in [1.29, 1.82) is 0 Å². The molecule has 188 valence electrons. The molecule has 37 heavy (non-hydrogen) atoms. The van der Waals surface area contributed by atoms with Gasteiger partial charge in [-0.1, -0.05) is 23.7 Å². The van der Waals surface area contributed by atoms with Crippen LogP contribution in [0.15, 0.2) is 60.5 Å². The molecule has 2 aliphatic rings. The van der Waals surface area contributed by atoms with Gasteiger partial charge in [-0.2, -0.15) is 0 Å². The summed E-state index contributed by atoms with van der Waals surface area (Å²) in [5, 5.41) is 1.73. The topological polar surface area (TPSA) is 52.9 Å². The maximum Gasteiger partial charge on any atom is 0.231 e. The van der Waals surface area contributed by atoms with Gasteiger partial charge in [0.15, 0.2) is 5.76 Å². The quantitative estimate of drug-likeness (QED) is 0.281. The Bertz CT molecular complexity index is 1570. The van der Waals surface area contributed by atoms with E-state index in [9.17, 15) is 4.79 Å². The third kappa shape index (κ3) is 4.16. The normalized spacial score (nSPS) is 16.0. The second kappa shape index (κ2) is 9.29. The highest BCUT2D eigenvalue weighted by molar-refractivity contribution is 6.30. The second-order valence-electron chi connectivity index (χ2n) is 9.45. The molecule has 7 heteroatoms. The molecule has 6 rings (SSSR count). The van der Waals surface area contributed by atoms with Gasteiger partial charge in [-0.15, -0.1) is 0 Å². The fourth-order valence-electron chi connectivity index (χ4n) is 5.19. The van der Waals surface area contributed by atoms with Gasteiger partial charge in [0.25, 0.3) is 0 Å². The van der Waals surface area contributed by atoms with Crippen molar-refractivity contribution < 1.29 is 19.0 Å². The van der Waals surface area contributed by atoms with E-state index in [1.54, 1.807) is 7.11 Å². The zero-order chi connectivity index (χ0) is 25.7. The number of aromatic nitrogens is 1. The molecule has 1 aromatic heterocycles. The van der Waals surface area contributed by atoms with Crippen LogP contribution < -0.4 is 14.2 Å². The van der Waals surface area contributed by atoms with Crippen molar-refractivity contribution in [2.75, 3.05) is 13.8 Å². The number of rotatable bonds is 5. The molecule has 0 bridgehead atoms. The van der Waals surface area contributed by atoms with E-state index in [1.165, 1.54) is 0 Å². The Hall–Kier alpha value is -3.74. The minimum Gasteiger partial charge on any atom is -0.497 e. The number of hydrogen-bond acceptors (Lipinski definition) is 5. The fourth-order valence-corrected chi connectivity index (χ4v) is 5.32. The maximum atomic E-state index is 13.5. The molecule has 0 unspecified atom stereocenters. The van der Waals surface area contributed by atoms with Crippen LogP contribution in [-0.2, 0) is 19.6 Å². The van der Waals surface area contributed by atoms with Crippen LogP contribution >= 0.6 is 11.6 Å². The summed E-state index contributed by atoms with van der Waals surface area (Å²) in [4.78, 5) is 15.7. The van der Waals surface area contributed by atoms with Crippen molar-refractivity contribution in [3.8, 4) is 17.2 Å². The number of allylic oxidation sites excluding steroid dienone is 1. The average molecular weight is 515 g/mol. The Balaban J connectivity index is 1.32. The van der Waals surface area contributed by atoms with Crippen molar-refractivity contribution in [2.45, 2.75) is 33.5 Å². The average Bonchev–Trinajstić information content (AvgIpc) is 3.42. The minimum absolute atomic E-state index is 0.115. The number of ketones is 1. The van der Waals surface area contributed by atoms with E-state index in [1.807, 2.05) is 67.7 Å². The third-order valence-corrected chi connectivity index (χ3v) is 7.32. The highest BCUT2D eigenvalue weighted by Gasteiger charge is 2.34. The second-order valence-corrected chi connectivity index (χ2v) is 9.88. The number of benzene rings is 3. The summed E-state index contributed by atoms with van der Waals surface area (Å²) in [5.41, 5.74) is 5.58. The number of nitrogens with zero attached hydrogens (tertiary/aromatic N) is 2. The summed E-state index contributed by atoms with van der Waals surface area (Å²) in [6, 6.07) is 15.7. The summed E-state index contributed by atoms with van der Waals surface area (Å²) in [5.74, 6) is 2.35. The Morgan fingerprint density at radius 2 is 1.92 bits per heavy atom. The molecule has 3 heterocycles. The van der Waals surface area contributed by atoms with E-state index < -0.39 is 0 Å². The first-order chi connectivity index (χ1) is 17.9. The fraction of sp³-hybridized carbons (Fsp3) is 0.233. The monoisotopic (exact) mass is 514 g/mol. The summed E-state index contributed by atoms with van der Waals surface area (Å²) >= 11 is 6.03. The van der Waals surface area contributed by atoms with E-state index >= 15 is 0 Å². The smallest absolute Gasteiger partial charge is 0.231 e. The molecule has 0 spiro atoms. The lowest BCUT2D eigenvalue weighted by molar-refractivity contribution is 0.0876. The van der Waals surface area contributed by atoms with Crippen LogP contribution in [0.4, 0.5) is 0 Å². The molecule has 0 saturated heterocycles. The molecule has 0 atom stereocenters. The van der Waals surface area contributed by atoms with Crippen molar-refractivity contribution in [2.24, 2.45) is 0 Å². The SMILES string of the molecule is CCn1cc(/C=C2\Oc3c(cc4c(c3C)OCN(Cc3ccc(Cl)cc3)C4)C2=O)c2cc(OC)ccc21. The number of methoxy groups -OCH3 is 1. The minimum atomic E-state index is -0.115. The first kappa shape index (κ1) is 23.6. The first-order valence-electron chi connectivity index (χ1n) is 12.3. The van der Waals surface area contributed by atoms with Gasteiger partial charge in [-0.25, -0.2) is 0 Å². The van der Waals surface area contributed by atoms with E-state index in [0.29, 0.717) is 30.3 Å². The van der Waals surface area contributed by atoms with Gasteiger partial charge in [0.1, 0.15) is 24.0 Å². The lowest BCUT2D eigenvalue weighted by atomic mass is 9.99. The van der Waals surface area contributed by atoms with Crippen LogP contribution in [0.3, 0.4) is 0 Å². The van der Waals surface area contributed by atoms with E-state index in [2.05, 4.69) is 16.4 Å². The van der Waals surface area contributed by atoms with Gasteiger partial charge in [-0.05, 0) is 61.9 Å². The zero-order valence-electron chi connectivity index (χ0n) is 21.0. The van der Waals surface area contributed by atoms with E-state index in [-0.39, 0.29) is 5.78 Å². The summed E-state index contributed by atoms with van der Waals surface area (Å²) in [6.07, 6.45) is 3.88. The van der Waals surface area contributed by atoms with Crippen LogP contribution in [0.5, 0.6) is 17.2 Å². The van der Waals surface area contributed by atoms with Crippen LogP contribution in [0.25, 0.3) is 17.0 Å². The Morgan fingerprint density at radius 3 is 2.68 bits per heavy atom. The number of carbonyl (C=O) groups is 1. The van der Waals surface area contributed by atoms with Gasteiger partial charge in [0, 0.05) is 58.4 Å². The van der Waals surface area contributed by atoms with Gasteiger partial charge in [-0.3, -0.25) is 9.69 Å². The molecule has 0 saturated carbocycles. The number of hydrogen-bond donors (Lipinski definition) is 0. The number of fused-ring (bicyclic) bond motifs is 3. The van der Waals surface area contributed by atoms with Gasteiger partial charge in [0.05, 0.1) is 12.7 Å². The van der Waals surface area contributed by atoms with E-state index in [4.69, 9.17) is 25.8 Å². The number of aryl methyl sites for hydroxylation is 1. The molecule has 2 aliphatic heterocycles. The summed E-state index contributed by atoms with van der Waals surface area (Å²) in [6.45, 7) is 6.74. The standard InChI is InChI=1S/C30H27ClN2O4/c1-4-33-16-20(24-13-23(35-3)9-10-26(24)33)12-27-28(34)25-11-21-15-32(14-19-5-7-22(31)8-6-19)17-36-29(21)18(2)30(25)37-27/h5-13,16H,4,14-15,17H2,1-3H3/b27-12-. The number of ether oxygens (including phenoxy) is 3. The van der Waals surface area contributed by atoms with Crippen molar-refractivity contribution in [3.05, 3.63) is 93.3 Å². The molecule has 0 aliphatic carbocycles. The van der Waals surface area contributed by atoms with Crippen LogP contribution in [0.1, 0.15) is 39.5 Å². The Kier molecular flexibility index (Phi) is 5.94. The lowest BCUT2D eigenvalue weighted by Gasteiger charge is -2.30. The predicted octanol–water partition coefficient (Wildman–Crippen LogP) is 6.60. The molecule has 0 radical (unpaired) electrons. The number of carbonyl (C=O) groups excluding carboxylic acids is 1. The molecular formula is C30H27ClN2O4. The molecule has 4 aromatic rings. The largest absolute Gasteiger partial charge is 0.497 e. The van der Waals surface area contributed by atoms with Crippen LogP contribution in [0, 0.1) is 6.92 Å². The highest BCUT2D eigenvalue weighted by atomic mass is 35.5. The number of halogens is 1. The van der Waals surface area contributed by atoms with Crippen molar-refractivity contribution >= 4 is 34.4 Å². The molecule has 0 fully saturated rings. The molecule has 6 nitrogen and oxygen atoms in total. The van der Waals surface area contributed by atoms with Crippen LogP contribution in [-0.4, -0.2) is 29.1 Å². The predicted molar refractivity (Wildman–Crippen MR) is 144 cm³/mol. The molecular weight excluding hydrogens is 488 g/mol. The lowest BCUT2D eigenvalue weighted by Crippen LogP contribution is -2.32.